The molecule has 2 amide bonds. The van der Waals surface area contributed by atoms with Crippen molar-refractivity contribution in [2.45, 2.75) is 51.7 Å². The van der Waals surface area contributed by atoms with Crippen LogP contribution in [0.25, 0.3) is 5.76 Å². The number of carbonyl (C=O) groups excluding carboxylic acids is 4. The van der Waals surface area contributed by atoms with Crippen LogP contribution in [-0.4, -0.2) is 56.2 Å². The Morgan fingerprint density at radius 2 is 1.92 bits per heavy atom. The van der Waals surface area contributed by atoms with Crippen molar-refractivity contribution in [3.63, 3.8) is 0 Å². The van der Waals surface area contributed by atoms with Crippen LogP contribution in [0.1, 0.15) is 49.8 Å². The molecule has 2 unspecified atom stereocenters. The van der Waals surface area contributed by atoms with Crippen LogP contribution < -0.4 is 16.8 Å². The third kappa shape index (κ3) is 3.95. The number of nitrogens with two attached hydrogens (primary N) is 2. The first kappa shape index (κ1) is 27.0. The largest absolute Gasteiger partial charge is 0.508 e. The van der Waals surface area contributed by atoms with E-state index in [1.54, 1.807) is 0 Å². The van der Waals surface area contributed by atoms with E-state index in [0.717, 1.165) is 6.42 Å². The minimum absolute atomic E-state index is 0.00279. The number of nitrogen functional groups attached to an aromatic ring is 1. The number of phenolic OH excluding ortho intramolecular Hbond substituents is 1. The highest BCUT2D eigenvalue weighted by Crippen LogP contribution is 2.54. The lowest BCUT2D eigenvalue weighted by molar-refractivity contribution is -0.152. The number of benzene rings is 1. The molecule has 38 heavy (non-hydrogen) atoms. The Kier molecular flexibility index (Phi) is 6.87. The van der Waals surface area contributed by atoms with E-state index >= 15 is 0 Å². The zero-order chi connectivity index (χ0) is 28.1. The molecule has 4 rings (SSSR count). The van der Waals surface area contributed by atoms with Gasteiger partial charge in [-0.3, -0.25) is 14.4 Å². The number of ketones is 2. The molecule has 1 aromatic rings. The molecule has 0 spiro atoms. The van der Waals surface area contributed by atoms with Crippen LogP contribution in [0.2, 0.25) is 0 Å². The number of amides is 2. The summed E-state index contributed by atoms with van der Waals surface area (Å²) in [4.78, 5) is 50.2. The van der Waals surface area contributed by atoms with Crippen molar-refractivity contribution in [2.75, 3.05) is 12.3 Å². The Morgan fingerprint density at radius 1 is 1.24 bits per heavy atom. The zero-order valence-electron chi connectivity index (χ0n) is 21.0. The molecule has 0 aromatic heterocycles. The highest BCUT2D eigenvalue weighted by molar-refractivity contribution is 6.23. The summed E-state index contributed by atoms with van der Waals surface area (Å²) in [5.41, 5.74) is 8.25. The molecule has 1 saturated carbocycles. The summed E-state index contributed by atoms with van der Waals surface area (Å²) in [6, 6.07) is 1.44. The standard InChI is InChI=1S/C26H31N3O9/c1-3-4-5-38-25(36)29-9-12-8-15(27)13-6-11-7-14-10(2)19(30)18(24(28)35)23(34)26(14,37)22(33)16(11)21(32)17(13)20(12)31/h8,10-11,14,31-32,34,37H,3-7,9,27H2,1-2H3,(H2,28,35)(H,29,36)/t10?,11?,14-,26-/m0/s1. The van der Waals surface area contributed by atoms with Crippen molar-refractivity contribution in [3.05, 3.63) is 39.7 Å². The number of aliphatic hydroxyl groups excluding tert-OH is 2. The van der Waals surface area contributed by atoms with E-state index < -0.39 is 69.8 Å². The molecule has 12 heteroatoms. The summed E-state index contributed by atoms with van der Waals surface area (Å²) >= 11 is 0. The highest BCUT2D eigenvalue weighted by Gasteiger charge is 2.62. The minimum Gasteiger partial charge on any atom is -0.508 e. The number of fused-ring (bicyclic) bond motifs is 3. The maximum Gasteiger partial charge on any atom is 0.407 e. The van der Waals surface area contributed by atoms with E-state index in [2.05, 4.69) is 5.32 Å². The number of primary amides is 1. The Labute approximate surface area is 217 Å². The first-order valence-corrected chi connectivity index (χ1v) is 12.4. The van der Waals surface area contributed by atoms with Crippen molar-refractivity contribution in [3.8, 4) is 5.75 Å². The quantitative estimate of drug-likeness (QED) is 0.121. The van der Waals surface area contributed by atoms with Gasteiger partial charge in [-0.15, -0.1) is 0 Å². The van der Waals surface area contributed by atoms with Gasteiger partial charge in [0.05, 0.1) is 12.2 Å². The number of anilines is 1. The summed E-state index contributed by atoms with van der Waals surface area (Å²) in [6.07, 6.45) is 0.907. The van der Waals surface area contributed by atoms with Gasteiger partial charge in [0, 0.05) is 35.2 Å². The topological polar surface area (TPSA) is 222 Å². The van der Waals surface area contributed by atoms with Crippen LogP contribution in [0.4, 0.5) is 10.5 Å². The lowest BCUT2D eigenvalue weighted by Crippen LogP contribution is -2.61. The number of rotatable bonds is 6. The molecule has 3 aliphatic carbocycles. The SMILES string of the molecule is CCCCOC(=O)NCc1cc(N)c2c(c1O)C(O)=C1C(=O)[C@]3(O)C(O)=C(C(N)=O)C(=O)C(C)[C@@H]3CC1C2. The van der Waals surface area contributed by atoms with E-state index in [4.69, 9.17) is 16.2 Å². The molecule has 0 heterocycles. The Morgan fingerprint density at radius 3 is 2.55 bits per heavy atom. The smallest absolute Gasteiger partial charge is 0.407 e. The predicted molar refractivity (Wildman–Crippen MR) is 133 cm³/mol. The van der Waals surface area contributed by atoms with E-state index in [1.807, 2.05) is 6.92 Å². The number of unbranched alkanes of at least 4 members (excludes halogenated alkanes) is 1. The first-order valence-electron chi connectivity index (χ1n) is 12.4. The third-order valence-corrected chi connectivity index (χ3v) is 7.80. The van der Waals surface area contributed by atoms with Crippen molar-refractivity contribution < 1.29 is 44.3 Å². The van der Waals surface area contributed by atoms with Gasteiger partial charge in [-0.2, -0.15) is 0 Å². The Hall–Kier alpha value is -4.06. The number of aromatic hydroxyl groups is 1. The molecule has 9 N–H and O–H groups in total. The fourth-order valence-corrected chi connectivity index (χ4v) is 5.75. The molecule has 4 atom stereocenters. The summed E-state index contributed by atoms with van der Waals surface area (Å²) < 4.78 is 5.03. The number of phenols is 1. The Balaban J connectivity index is 1.76. The van der Waals surface area contributed by atoms with Gasteiger partial charge < -0.3 is 41.9 Å². The maximum atomic E-state index is 13.7. The minimum atomic E-state index is -2.67. The number of Topliss-reactive ketones (excluding diaryl/α,β-unsaturated/α-hetero) is 2. The zero-order valence-corrected chi connectivity index (χ0v) is 21.0. The van der Waals surface area contributed by atoms with Gasteiger partial charge in [0.1, 0.15) is 22.8 Å². The normalized spacial score (nSPS) is 26.4. The van der Waals surface area contributed by atoms with Crippen LogP contribution in [0.3, 0.4) is 0 Å². The number of alkyl carbamates (subject to hydrolysis) is 1. The van der Waals surface area contributed by atoms with Crippen LogP contribution in [0.5, 0.6) is 5.75 Å². The fraction of sp³-hybridized carbons (Fsp3) is 0.462. The number of aliphatic hydroxyl groups is 3. The van der Waals surface area contributed by atoms with Crippen LogP contribution >= 0.6 is 0 Å². The highest BCUT2D eigenvalue weighted by atomic mass is 16.5. The molecule has 204 valence electrons. The summed E-state index contributed by atoms with van der Waals surface area (Å²) in [5.74, 6) is -8.21. The van der Waals surface area contributed by atoms with Crippen molar-refractivity contribution in [1.29, 1.82) is 0 Å². The van der Waals surface area contributed by atoms with Gasteiger partial charge in [0.2, 0.25) is 5.78 Å². The molecule has 0 bridgehead atoms. The molecule has 0 aliphatic heterocycles. The monoisotopic (exact) mass is 529 g/mol. The number of nitrogens with one attached hydrogen (secondary N) is 1. The van der Waals surface area contributed by atoms with Gasteiger partial charge in [-0.25, -0.2) is 4.79 Å². The Bertz CT molecular complexity index is 1320. The van der Waals surface area contributed by atoms with Crippen LogP contribution in [-0.2, 0) is 32.1 Å². The van der Waals surface area contributed by atoms with Crippen LogP contribution in [0.15, 0.2) is 23.0 Å². The van der Waals surface area contributed by atoms with Gasteiger partial charge in [0.25, 0.3) is 5.91 Å². The summed E-state index contributed by atoms with van der Waals surface area (Å²) in [6.45, 7) is 3.41. The number of hydrogen-bond donors (Lipinski definition) is 7. The molecular formula is C26H31N3O9. The molecule has 12 nitrogen and oxygen atoms in total. The second-order valence-electron chi connectivity index (χ2n) is 10.0. The lowest BCUT2D eigenvalue weighted by atomic mass is 9.56. The van der Waals surface area contributed by atoms with E-state index in [0.29, 0.717) is 12.0 Å². The van der Waals surface area contributed by atoms with Gasteiger partial charge in [-0.1, -0.05) is 20.3 Å². The first-order chi connectivity index (χ1) is 17.9. The molecule has 0 radical (unpaired) electrons. The number of hydrogen-bond acceptors (Lipinski definition) is 10. The number of ether oxygens (including phenoxy) is 1. The molecule has 3 aliphatic rings. The van der Waals surface area contributed by atoms with E-state index in [9.17, 15) is 39.6 Å². The molecule has 1 fully saturated rings. The lowest BCUT2D eigenvalue weighted by Gasteiger charge is -2.48. The van der Waals surface area contributed by atoms with Crippen molar-refractivity contribution >= 4 is 35.0 Å². The van der Waals surface area contributed by atoms with Gasteiger partial charge >= 0.3 is 6.09 Å². The van der Waals surface area contributed by atoms with E-state index in [1.165, 1.54) is 13.0 Å². The maximum absolute atomic E-state index is 13.7. The van der Waals surface area contributed by atoms with Gasteiger partial charge in [-0.05, 0) is 36.8 Å². The van der Waals surface area contributed by atoms with Crippen LogP contribution in [0, 0.1) is 17.8 Å². The van der Waals surface area contributed by atoms with E-state index in [-0.39, 0.29) is 48.4 Å². The molecular weight excluding hydrogens is 498 g/mol. The average Bonchev–Trinajstić information content (AvgIpc) is 2.85. The predicted octanol–water partition coefficient (Wildman–Crippen LogP) is 1.28. The number of carbonyl (C=O) groups is 4. The van der Waals surface area contributed by atoms with Crippen molar-refractivity contribution in [1.82, 2.24) is 5.32 Å². The van der Waals surface area contributed by atoms with Gasteiger partial charge in [0.15, 0.2) is 11.4 Å². The molecule has 1 aromatic carbocycles. The second-order valence-corrected chi connectivity index (χ2v) is 10.0. The summed E-state index contributed by atoms with van der Waals surface area (Å²) in [5, 5.41) is 46.9. The fourth-order valence-electron chi connectivity index (χ4n) is 5.75. The average molecular weight is 530 g/mol. The summed E-state index contributed by atoms with van der Waals surface area (Å²) in [7, 11) is 0. The van der Waals surface area contributed by atoms with Crippen molar-refractivity contribution in [2.24, 2.45) is 23.5 Å². The third-order valence-electron chi connectivity index (χ3n) is 7.80. The molecule has 0 saturated heterocycles. The second kappa shape index (κ2) is 9.67.